The van der Waals surface area contributed by atoms with Crippen LogP contribution in [-0.2, 0) is 6.42 Å². The van der Waals surface area contributed by atoms with Crippen molar-refractivity contribution in [3.05, 3.63) is 17.5 Å². The average molecular weight is 207 g/mol. The lowest BCUT2D eigenvalue weighted by atomic mass is 10.1. The Morgan fingerprint density at radius 2 is 2.07 bits per heavy atom. The summed E-state index contributed by atoms with van der Waals surface area (Å²) in [6.07, 6.45) is 5.74. The van der Waals surface area contributed by atoms with E-state index in [9.17, 15) is 0 Å². The highest BCUT2D eigenvalue weighted by atomic mass is 15.3. The lowest BCUT2D eigenvalue weighted by Crippen LogP contribution is -2.31. The van der Waals surface area contributed by atoms with Crippen LogP contribution in [0.1, 0.15) is 37.1 Å². The third-order valence-corrected chi connectivity index (χ3v) is 3.41. The Kier molecular flexibility index (Phi) is 3.10. The number of aromatic nitrogens is 2. The van der Waals surface area contributed by atoms with E-state index >= 15 is 0 Å². The first-order chi connectivity index (χ1) is 7.20. The molecule has 1 aliphatic heterocycles. The highest BCUT2D eigenvalue weighted by molar-refractivity contribution is 5.14. The topological polar surface area (TPSA) is 21.1 Å². The summed E-state index contributed by atoms with van der Waals surface area (Å²) < 4.78 is 2.20. The first kappa shape index (κ1) is 10.7. The van der Waals surface area contributed by atoms with Crippen LogP contribution in [0.25, 0.3) is 0 Å². The molecule has 3 heteroatoms. The number of nitrogens with zero attached hydrogens (tertiary/aromatic N) is 3. The van der Waals surface area contributed by atoms with Crippen LogP contribution in [0.15, 0.2) is 6.20 Å². The number of likely N-dealkylation sites (tertiary alicyclic amines) is 1. The largest absolute Gasteiger partial charge is 0.306 e. The summed E-state index contributed by atoms with van der Waals surface area (Å²) in [4.78, 5) is 2.40. The lowest BCUT2D eigenvalue weighted by molar-refractivity contribution is 0.212. The van der Waals surface area contributed by atoms with Crippen LogP contribution in [-0.4, -0.2) is 34.8 Å². The Morgan fingerprint density at radius 3 is 2.60 bits per heavy atom. The predicted molar refractivity (Wildman–Crippen MR) is 62.1 cm³/mol. The van der Waals surface area contributed by atoms with E-state index in [0.717, 1.165) is 6.42 Å². The molecule has 84 valence electrons. The summed E-state index contributed by atoms with van der Waals surface area (Å²) in [5.74, 6) is 0. The van der Waals surface area contributed by atoms with E-state index < -0.39 is 0 Å². The Balaban J connectivity index is 2.09. The molecule has 0 amide bonds. The quantitative estimate of drug-likeness (QED) is 0.740. The van der Waals surface area contributed by atoms with Gasteiger partial charge in [0.25, 0.3) is 0 Å². The van der Waals surface area contributed by atoms with Gasteiger partial charge in [-0.1, -0.05) is 6.92 Å². The number of hydrogen-bond acceptors (Lipinski definition) is 2. The second-order valence-electron chi connectivity index (χ2n) is 4.63. The van der Waals surface area contributed by atoms with Crippen LogP contribution in [0, 0.1) is 6.92 Å². The van der Waals surface area contributed by atoms with Gasteiger partial charge >= 0.3 is 0 Å². The molecule has 0 atom stereocenters. The van der Waals surface area contributed by atoms with E-state index in [2.05, 4.69) is 41.8 Å². The zero-order valence-corrected chi connectivity index (χ0v) is 10.0. The molecule has 0 radical (unpaired) electrons. The molecule has 1 aromatic rings. The van der Waals surface area contributed by atoms with Crippen molar-refractivity contribution in [2.45, 2.75) is 39.2 Å². The monoisotopic (exact) mass is 207 g/mol. The molecule has 1 aliphatic rings. The minimum absolute atomic E-state index is 0.625. The second kappa shape index (κ2) is 4.35. The van der Waals surface area contributed by atoms with Gasteiger partial charge in [-0.2, -0.15) is 5.10 Å². The molecule has 2 heterocycles. The van der Waals surface area contributed by atoms with Crippen molar-refractivity contribution in [1.82, 2.24) is 14.7 Å². The van der Waals surface area contributed by atoms with Gasteiger partial charge in [-0.15, -0.1) is 0 Å². The average Bonchev–Trinajstić information content (AvgIpc) is 2.61. The van der Waals surface area contributed by atoms with Crippen LogP contribution in [0.3, 0.4) is 0 Å². The Hall–Kier alpha value is -0.830. The first-order valence-electron chi connectivity index (χ1n) is 5.94. The molecule has 2 rings (SSSR count). The Morgan fingerprint density at radius 1 is 1.40 bits per heavy atom. The summed E-state index contributed by atoms with van der Waals surface area (Å²) in [5.41, 5.74) is 2.60. The minimum atomic E-state index is 0.625. The molecular formula is C12H21N3. The maximum Gasteiger partial charge on any atom is 0.0651 e. The predicted octanol–water partition coefficient (Wildman–Crippen LogP) is 2.02. The maximum atomic E-state index is 4.68. The van der Waals surface area contributed by atoms with Gasteiger partial charge in [0, 0.05) is 6.20 Å². The van der Waals surface area contributed by atoms with E-state index in [1.165, 1.54) is 37.2 Å². The second-order valence-corrected chi connectivity index (χ2v) is 4.63. The summed E-state index contributed by atoms with van der Waals surface area (Å²) in [7, 11) is 2.20. The van der Waals surface area contributed by atoms with Crippen molar-refractivity contribution in [2.75, 3.05) is 20.1 Å². The molecule has 0 aromatic carbocycles. The zero-order chi connectivity index (χ0) is 10.8. The highest BCUT2D eigenvalue weighted by Gasteiger charge is 2.19. The van der Waals surface area contributed by atoms with Gasteiger partial charge in [0.15, 0.2) is 0 Å². The summed E-state index contributed by atoms with van der Waals surface area (Å²) >= 11 is 0. The SMILES string of the molecule is CCc1nn(C2CCN(C)CC2)cc1C. The van der Waals surface area contributed by atoms with E-state index in [-0.39, 0.29) is 0 Å². The van der Waals surface area contributed by atoms with Crippen LogP contribution >= 0.6 is 0 Å². The molecule has 0 aliphatic carbocycles. The van der Waals surface area contributed by atoms with E-state index in [1.807, 2.05) is 0 Å². The smallest absolute Gasteiger partial charge is 0.0651 e. The third-order valence-electron chi connectivity index (χ3n) is 3.41. The van der Waals surface area contributed by atoms with E-state index in [1.54, 1.807) is 0 Å². The first-order valence-corrected chi connectivity index (χ1v) is 5.94. The maximum absolute atomic E-state index is 4.68. The van der Waals surface area contributed by atoms with Gasteiger partial charge in [-0.25, -0.2) is 0 Å². The molecule has 15 heavy (non-hydrogen) atoms. The zero-order valence-electron chi connectivity index (χ0n) is 10.0. The number of hydrogen-bond donors (Lipinski definition) is 0. The van der Waals surface area contributed by atoms with Gasteiger partial charge in [0.2, 0.25) is 0 Å². The van der Waals surface area contributed by atoms with Crippen LogP contribution in [0.2, 0.25) is 0 Å². The van der Waals surface area contributed by atoms with Crippen LogP contribution in [0.5, 0.6) is 0 Å². The highest BCUT2D eigenvalue weighted by Crippen LogP contribution is 2.22. The molecule has 1 saturated heterocycles. The van der Waals surface area contributed by atoms with E-state index in [0.29, 0.717) is 6.04 Å². The standard InChI is InChI=1S/C12H21N3/c1-4-12-10(2)9-15(13-12)11-5-7-14(3)8-6-11/h9,11H,4-8H2,1-3H3. The summed E-state index contributed by atoms with van der Waals surface area (Å²) in [6.45, 7) is 6.74. The van der Waals surface area contributed by atoms with Gasteiger partial charge in [0.1, 0.15) is 0 Å². The molecule has 0 N–H and O–H groups in total. The molecule has 0 unspecified atom stereocenters. The van der Waals surface area contributed by atoms with Crippen molar-refractivity contribution in [3.63, 3.8) is 0 Å². The van der Waals surface area contributed by atoms with Gasteiger partial charge in [0.05, 0.1) is 11.7 Å². The van der Waals surface area contributed by atoms with E-state index in [4.69, 9.17) is 0 Å². The van der Waals surface area contributed by atoms with Gasteiger partial charge < -0.3 is 4.90 Å². The summed E-state index contributed by atoms with van der Waals surface area (Å²) in [5, 5.41) is 4.68. The molecule has 3 nitrogen and oxygen atoms in total. The van der Waals surface area contributed by atoms with Crippen molar-refractivity contribution >= 4 is 0 Å². The molecule has 0 saturated carbocycles. The van der Waals surface area contributed by atoms with Crippen molar-refractivity contribution in [3.8, 4) is 0 Å². The number of aryl methyl sites for hydroxylation is 2. The lowest BCUT2D eigenvalue weighted by Gasteiger charge is -2.29. The van der Waals surface area contributed by atoms with Gasteiger partial charge in [-0.3, -0.25) is 4.68 Å². The number of rotatable bonds is 2. The normalized spacial score (nSPS) is 19.7. The minimum Gasteiger partial charge on any atom is -0.306 e. The molecule has 1 aromatic heterocycles. The van der Waals surface area contributed by atoms with Crippen molar-refractivity contribution in [1.29, 1.82) is 0 Å². The van der Waals surface area contributed by atoms with Crippen LogP contribution in [0.4, 0.5) is 0 Å². The van der Waals surface area contributed by atoms with Crippen molar-refractivity contribution < 1.29 is 0 Å². The molecule has 0 spiro atoms. The molecule has 0 bridgehead atoms. The fourth-order valence-electron chi connectivity index (χ4n) is 2.32. The fraction of sp³-hybridized carbons (Fsp3) is 0.750. The third kappa shape index (κ3) is 2.23. The fourth-order valence-corrected chi connectivity index (χ4v) is 2.32. The Labute approximate surface area is 92.1 Å². The Bertz CT molecular complexity index is 322. The van der Waals surface area contributed by atoms with Crippen molar-refractivity contribution in [2.24, 2.45) is 0 Å². The summed E-state index contributed by atoms with van der Waals surface area (Å²) in [6, 6.07) is 0.625. The number of piperidine rings is 1. The molecular weight excluding hydrogens is 186 g/mol. The van der Waals surface area contributed by atoms with Crippen LogP contribution < -0.4 is 0 Å². The van der Waals surface area contributed by atoms with Gasteiger partial charge in [-0.05, 0) is 51.9 Å². The molecule has 1 fully saturated rings.